The van der Waals surface area contributed by atoms with E-state index in [1.54, 1.807) is 12.1 Å². The van der Waals surface area contributed by atoms with Gasteiger partial charge in [0.1, 0.15) is 6.10 Å². The number of ether oxygens (including phenoxy) is 1. The highest BCUT2D eigenvalue weighted by molar-refractivity contribution is 5.94. The fourth-order valence-corrected chi connectivity index (χ4v) is 1.78. The number of benzene rings is 1. The molecule has 0 spiro atoms. The molecular weight excluding hydrogens is 244 g/mol. The molecule has 4 heteroatoms. The van der Waals surface area contributed by atoms with Crippen molar-refractivity contribution in [2.75, 3.05) is 0 Å². The van der Waals surface area contributed by atoms with E-state index in [0.717, 1.165) is 25.7 Å². The summed E-state index contributed by atoms with van der Waals surface area (Å²) >= 11 is 0. The van der Waals surface area contributed by atoms with Crippen molar-refractivity contribution in [1.82, 2.24) is 0 Å². The molecule has 0 unspecified atom stereocenters. The summed E-state index contributed by atoms with van der Waals surface area (Å²) < 4.78 is 5.39. The topological polar surface area (TPSA) is 63.6 Å². The Morgan fingerprint density at radius 3 is 2.53 bits per heavy atom. The second-order valence-electron chi connectivity index (χ2n) is 4.46. The SMILES string of the molecule is CCCC[C@H](CC)OC(=O)c1cccc(C(=O)O)c1. The van der Waals surface area contributed by atoms with Crippen LogP contribution in [-0.4, -0.2) is 23.1 Å². The second-order valence-corrected chi connectivity index (χ2v) is 4.46. The standard InChI is InChI=1S/C15H20O4/c1-3-5-9-13(4-2)19-15(18)12-8-6-7-11(10-12)14(16)17/h6-8,10,13H,3-5,9H2,1-2H3,(H,16,17)/t13-/m0/s1. The molecule has 0 aliphatic rings. The number of carbonyl (C=O) groups excluding carboxylic acids is 1. The van der Waals surface area contributed by atoms with Gasteiger partial charge in [-0.2, -0.15) is 0 Å². The minimum Gasteiger partial charge on any atom is -0.478 e. The van der Waals surface area contributed by atoms with Gasteiger partial charge in [0, 0.05) is 0 Å². The highest BCUT2D eigenvalue weighted by Crippen LogP contribution is 2.13. The minimum absolute atomic E-state index is 0.0936. The van der Waals surface area contributed by atoms with Crippen LogP contribution in [0.15, 0.2) is 24.3 Å². The molecule has 0 saturated heterocycles. The van der Waals surface area contributed by atoms with Crippen molar-refractivity contribution in [1.29, 1.82) is 0 Å². The Balaban J connectivity index is 2.71. The normalized spacial score (nSPS) is 11.9. The Kier molecular flexibility index (Phi) is 6.06. The van der Waals surface area contributed by atoms with Crippen molar-refractivity contribution in [3.63, 3.8) is 0 Å². The Hall–Kier alpha value is -1.84. The van der Waals surface area contributed by atoms with Crippen LogP contribution in [0.2, 0.25) is 0 Å². The molecule has 19 heavy (non-hydrogen) atoms. The predicted octanol–water partition coefficient (Wildman–Crippen LogP) is 3.51. The molecule has 0 radical (unpaired) electrons. The molecule has 0 saturated carbocycles. The maximum absolute atomic E-state index is 11.9. The molecule has 0 heterocycles. The molecule has 4 nitrogen and oxygen atoms in total. The first-order valence-electron chi connectivity index (χ1n) is 6.62. The number of hydrogen-bond acceptors (Lipinski definition) is 3. The molecule has 1 atom stereocenters. The summed E-state index contributed by atoms with van der Waals surface area (Å²) in [6, 6.07) is 5.92. The van der Waals surface area contributed by atoms with E-state index in [9.17, 15) is 9.59 Å². The van der Waals surface area contributed by atoms with Gasteiger partial charge in [-0.3, -0.25) is 0 Å². The van der Waals surface area contributed by atoms with Crippen molar-refractivity contribution in [3.8, 4) is 0 Å². The van der Waals surface area contributed by atoms with E-state index in [-0.39, 0.29) is 17.2 Å². The molecule has 104 valence electrons. The zero-order chi connectivity index (χ0) is 14.3. The Bertz CT molecular complexity index is 440. The van der Waals surface area contributed by atoms with Crippen molar-refractivity contribution in [3.05, 3.63) is 35.4 Å². The molecule has 1 aromatic carbocycles. The summed E-state index contributed by atoms with van der Waals surface area (Å²) in [7, 11) is 0. The lowest BCUT2D eigenvalue weighted by molar-refractivity contribution is 0.0268. The van der Waals surface area contributed by atoms with Crippen LogP contribution in [0.25, 0.3) is 0 Å². The molecule has 1 N–H and O–H groups in total. The molecule has 0 aromatic heterocycles. The fourth-order valence-electron chi connectivity index (χ4n) is 1.78. The van der Waals surface area contributed by atoms with E-state index < -0.39 is 11.9 Å². The molecule has 0 fully saturated rings. The van der Waals surface area contributed by atoms with Gasteiger partial charge < -0.3 is 9.84 Å². The van der Waals surface area contributed by atoms with Gasteiger partial charge in [0.05, 0.1) is 11.1 Å². The maximum Gasteiger partial charge on any atom is 0.338 e. The lowest BCUT2D eigenvalue weighted by Crippen LogP contribution is -2.17. The summed E-state index contributed by atoms with van der Waals surface area (Å²) in [6.45, 7) is 4.06. The fraction of sp³-hybridized carbons (Fsp3) is 0.467. The van der Waals surface area contributed by atoms with Gasteiger partial charge in [-0.15, -0.1) is 0 Å². The van der Waals surface area contributed by atoms with Crippen LogP contribution in [0.1, 0.15) is 60.2 Å². The average molecular weight is 264 g/mol. The van der Waals surface area contributed by atoms with Crippen molar-refractivity contribution < 1.29 is 19.4 Å². The van der Waals surface area contributed by atoms with Crippen LogP contribution in [0.3, 0.4) is 0 Å². The highest BCUT2D eigenvalue weighted by Gasteiger charge is 2.15. The lowest BCUT2D eigenvalue weighted by Gasteiger charge is -2.15. The van der Waals surface area contributed by atoms with Gasteiger partial charge in [0.15, 0.2) is 0 Å². The van der Waals surface area contributed by atoms with Gasteiger partial charge in [-0.25, -0.2) is 9.59 Å². The largest absolute Gasteiger partial charge is 0.478 e. The van der Waals surface area contributed by atoms with E-state index >= 15 is 0 Å². The number of hydrogen-bond donors (Lipinski definition) is 1. The summed E-state index contributed by atoms with van der Waals surface area (Å²) in [5, 5.41) is 8.88. The van der Waals surface area contributed by atoms with Crippen molar-refractivity contribution in [2.24, 2.45) is 0 Å². The summed E-state index contributed by atoms with van der Waals surface area (Å²) in [5.41, 5.74) is 0.380. The molecule has 0 bridgehead atoms. The number of carboxylic acid groups (broad SMARTS) is 1. The Morgan fingerprint density at radius 1 is 1.26 bits per heavy atom. The van der Waals surface area contributed by atoms with Crippen molar-refractivity contribution in [2.45, 2.75) is 45.6 Å². The monoisotopic (exact) mass is 264 g/mol. The van der Waals surface area contributed by atoms with Crippen LogP contribution in [0, 0.1) is 0 Å². The quantitative estimate of drug-likeness (QED) is 0.765. The van der Waals surface area contributed by atoms with Crippen LogP contribution in [0.4, 0.5) is 0 Å². The van der Waals surface area contributed by atoms with E-state index in [1.165, 1.54) is 12.1 Å². The first-order chi connectivity index (χ1) is 9.08. The summed E-state index contributed by atoms with van der Waals surface area (Å²) in [6.07, 6.45) is 3.59. The molecule has 0 aliphatic carbocycles. The third-order valence-corrected chi connectivity index (χ3v) is 2.95. The number of carboxylic acids is 1. The van der Waals surface area contributed by atoms with E-state index in [1.807, 2.05) is 6.92 Å². The van der Waals surface area contributed by atoms with Crippen LogP contribution in [0.5, 0.6) is 0 Å². The summed E-state index contributed by atoms with van der Waals surface area (Å²) in [5.74, 6) is -1.50. The van der Waals surface area contributed by atoms with Gasteiger partial charge in [-0.05, 0) is 31.0 Å². The molecule has 0 aliphatic heterocycles. The zero-order valence-electron chi connectivity index (χ0n) is 11.4. The number of aromatic carboxylic acids is 1. The smallest absolute Gasteiger partial charge is 0.338 e. The van der Waals surface area contributed by atoms with Crippen LogP contribution >= 0.6 is 0 Å². The Morgan fingerprint density at radius 2 is 1.95 bits per heavy atom. The third kappa shape index (κ3) is 4.73. The number of unbranched alkanes of at least 4 members (excludes halogenated alkanes) is 1. The predicted molar refractivity (Wildman–Crippen MR) is 72.4 cm³/mol. The Labute approximate surface area is 113 Å². The van der Waals surface area contributed by atoms with Gasteiger partial charge in [0.25, 0.3) is 0 Å². The van der Waals surface area contributed by atoms with Crippen LogP contribution < -0.4 is 0 Å². The third-order valence-electron chi connectivity index (χ3n) is 2.95. The lowest BCUT2D eigenvalue weighted by atomic mass is 10.1. The number of carbonyl (C=O) groups is 2. The molecule has 0 amide bonds. The van der Waals surface area contributed by atoms with Crippen molar-refractivity contribution >= 4 is 11.9 Å². The number of esters is 1. The van der Waals surface area contributed by atoms with Crippen LogP contribution in [-0.2, 0) is 4.74 Å². The van der Waals surface area contributed by atoms with E-state index in [2.05, 4.69) is 6.92 Å². The second kappa shape index (κ2) is 7.56. The zero-order valence-corrected chi connectivity index (χ0v) is 11.4. The molecule has 1 aromatic rings. The van der Waals surface area contributed by atoms with Gasteiger partial charge >= 0.3 is 11.9 Å². The number of rotatable bonds is 7. The highest BCUT2D eigenvalue weighted by atomic mass is 16.5. The minimum atomic E-state index is -1.05. The first-order valence-corrected chi connectivity index (χ1v) is 6.62. The van der Waals surface area contributed by atoms with Gasteiger partial charge in [0.2, 0.25) is 0 Å². The average Bonchev–Trinajstić information content (AvgIpc) is 2.43. The molecular formula is C15H20O4. The summed E-state index contributed by atoms with van der Waals surface area (Å²) in [4.78, 5) is 22.8. The van der Waals surface area contributed by atoms with E-state index in [0.29, 0.717) is 0 Å². The maximum atomic E-state index is 11.9. The molecule has 1 rings (SSSR count). The van der Waals surface area contributed by atoms with E-state index in [4.69, 9.17) is 9.84 Å². The first kappa shape index (κ1) is 15.2. The van der Waals surface area contributed by atoms with Gasteiger partial charge in [-0.1, -0.05) is 32.8 Å².